The van der Waals surface area contributed by atoms with Crippen LogP contribution in [-0.4, -0.2) is 28.0 Å². The van der Waals surface area contributed by atoms with Crippen LogP contribution in [0.15, 0.2) is 35.4 Å². The molecule has 1 aromatic heterocycles. The maximum absolute atomic E-state index is 12.9. The molecule has 0 saturated carbocycles. The maximum Gasteiger partial charge on any atom is 0.416 e. The van der Waals surface area contributed by atoms with Gasteiger partial charge in [0.25, 0.3) is 5.91 Å². The summed E-state index contributed by atoms with van der Waals surface area (Å²) in [5.41, 5.74) is -0.107. The molecule has 0 atom stereocenters. The number of anilines is 1. The Labute approximate surface area is 128 Å². The van der Waals surface area contributed by atoms with Gasteiger partial charge in [-0.15, -0.1) is 11.8 Å². The molecular weight excluding hydrogens is 315 g/mol. The highest BCUT2D eigenvalue weighted by Gasteiger charge is 2.33. The van der Waals surface area contributed by atoms with Crippen molar-refractivity contribution in [2.45, 2.75) is 11.1 Å². The maximum atomic E-state index is 12.9. The molecule has 0 unspecified atom stereocenters. The minimum atomic E-state index is -4.43. The SMILES string of the molecule is Cn1nccc1C(=O)N1CCSc2ccc(C(F)(F)F)cc21. The van der Waals surface area contributed by atoms with E-state index in [0.717, 1.165) is 12.1 Å². The van der Waals surface area contributed by atoms with Crippen molar-refractivity contribution < 1.29 is 18.0 Å². The van der Waals surface area contributed by atoms with Gasteiger partial charge in [0.1, 0.15) is 5.69 Å². The number of thioether (sulfide) groups is 1. The number of carbonyl (C=O) groups is 1. The second kappa shape index (κ2) is 5.35. The second-order valence-electron chi connectivity index (χ2n) is 4.83. The number of carbonyl (C=O) groups excluding carboxylic acids is 1. The molecule has 0 spiro atoms. The van der Waals surface area contributed by atoms with Gasteiger partial charge in [-0.3, -0.25) is 9.48 Å². The van der Waals surface area contributed by atoms with Crippen LogP contribution in [-0.2, 0) is 13.2 Å². The number of hydrogen-bond donors (Lipinski definition) is 0. The number of alkyl halides is 3. The van der Waals surface area contributed by atoms with E-state index in [1.165, 1.54) is 33.6 Å². The van der Waals surface area contributed by atoms with Crippen molar-refractivity contribution in [2.75, 3.05) is 17.2 Å². The van der Waals surface area contributed by atoms with Crippen LogP contribution in [0.5, 0.6) is 0 Å². The largest absolute Gasteiger partial charge is 0.416 e. The quantitative estimate of drug-likeness (QED) is 0.807. The normalized spacial score (nSPS) is 14.8. The number of amides is 1. The number of rotatable bonds is 1. The minimum Gasteiger partial charge on any atom is -0.305 e. The van der Waals surface area contributed by atoms with Gasteiger partial charge in [-0.05, 0) is 24.3 Å². The van der Waals surface area contributed by atoms with Gasteiger partial charge >= 0.3 is 6.18 Å². The first-order valence-electron chi connectivity index (χ1n) is 6.52. The van der Waals surface area contributed by atoms with E-state index in [2.05, 4.69) is 5.10 Å². The van der Waals surface area contributed by atoms with E-state index >= 15 is 0 Å². The summed E-state index contributed by atoms with van der Waals surface area (Å²) in [5, 5.41) is 3.93. The Morgan fingerprint density at radius 3 is 2.73 bits per heavy atom. The molecule has 0 N–H and O–H groups in total. The number of fused-ring (bicyclic) bond motifs is 1. The number of aromatic nitrogens is 2. The van der Waals surface area contributed by atoms with Crippen molar-refractivity contribution >= 4 is 23.4 Å². The first-order chi connectivity index (χ1) is 10.4. The molecule has 0 fully saturated rings. The first kappa shape index (κ1) is 15.0. The molecular formula is C14H12F3N3OS. The Hall–Kier alpha value is -1.96. The fraction of sp³-hybridized carbons (Fsp3) is 0.286. The molecule has 8 heteroatoms. The van der Waals surface area contributed by atoms with Crippen molar-refractivity contribution in [3.8, 4) is 0 Å². The van der Waals surface area contributed by atoms with Gasteiger partial charge in [-0.1, -0.05) is 0 Å². The number of aryl methyl sites for hydroxylation is 1. The predicted octanol–water partition coefficient (Wildman–Crippen LogP) is 3.19. The van der Waals surface area contributed by atoms with Crippen LogP contribution < -0.4 is 4.90 Å². The summed E-state index contributed by atoms with van der Waals surface area (Å²) in [4.78, 5) is 14.6. The highest BCUT2D eigenvalue weighted by atomic mass is 32.2. The van der Waals surface area contributed by atoms with E-state index in [-0.39, 0.29) is 5.91 Å². The summed E-state index contributed by atoms with van der Waals surface area (Å²) in [6.45, 7) is 0.364. The Morgan fingerprint density at radius 2 is 2.09 bits per heavy atom. The van der Waals surface area contributed by atoms with Gasteiger partial charge in [0.15, 0.2) is 0 Å². The van der Waals surface area contributed by atoms with Crippen molar-refractivity contribution in [2.24, 2.45) is 7.05 Å². The molecule has 1 aliphatic rings. The summed E-state index contributed by atoms with van der Waals surface area (Å²) >= 11 is 1.45. The minimum absolute atomic E-state index is 0.303. The smallest absolute Gasteiger partial charge is 0.305 e. The zero-order chi connectivity index (χ0) is 15.9. The molecule has 1 aromatic carbocycles. The Morgan fingerprint density at radius 1 is 1.32 bits per heavy atom. The van der Waals surface area contributed by atoms with Crippen LogP contribution in [0.1, 0.15) is 16.1 Å². The van der Waals surface area contributed by atoms with E-state index in [9.17, 15) is 18.0 Å². The van der Waals surface area contributed by atoms with E-state index in [4.69, 9.17) is 0 Å². The van der Waals surface area contributed by atoms with Crippen molar-refractivity contribution in [3.63, 3.8) is 0 Å². The van der Waals surface area contributed by atoms with Gasteiger partial charge in [-0.2, -0.15) is 18.3 Å². The van der Waals surface area contributed by atoms with E-state index < -0.39 is 11.7 Å². The van der Waals surface area contributed by atoms with Gasteiger partial charge in [-0.25, -0.2) is 0 Å². The summed E-state index contributed by atoms with van der Waals surface area (Å²) in [6.07, 6.45) is -2.95. The zero-order valence-electron chi connectivity index (χ0n) is 11.6. The van der Waals surface area contributed by atoms with E-state index in [1.807, 2.05) is 0 Å². The Balaban J connectivity index is 2.03. The molecule has 116 valence electrons. The lowest BCUT2D eigenvalue weighted by atomic mass is 10.1. The highest BCUT2D eigenvalue weighted by Crippen LogP contribution is 2.40. The Bertz CT molecular complexity index is 726. The standard InChI is InChI=1S/C14H12F3N3OS/c1-19-10(4-5-18-19)13(21)20-6-7-22-12-3-2-9(8-11(12)20)14(15,16)17/h2-5,8H,6-7H2,1H3. The second-order valence-corrected chi connectivity index (χ2v) is 5.96. The van der Waals surface area contributed by atoms with Gasteiger partial charge in [0.05, 0.1) is 11.3 Å². The third kappa shape index (κ3) is 2.58. The molecule has 1 aliphatic heterocycles. The summed E-state index contributed by atoms with van der Waals surface area (Å²) in [6, 6.07) is 5.06. The fourth-order valence-corrected chi connectivity index (χ4v) is 3.30. The zero-order valence-corrected chi connectivity index (χ0v) is 12.4. The highest BCUT2D eigenvalue weighted by molar-refractivity contribution is 7.99. The lowest BCUT2D eigenvalue weighted by Crippen LogP contribution is -2.36. The summed E-state index contributed by atoms with van der Waals surface area (Å²) < 4.78 is 40.1. The number of hydrogen-bond acceptors (Lipinski definition) is 3. The molecule has 0 saturated heterocycles. The number of benzene rings is 1. The lowest BCUT2D eigenvalue weighted by Gasteiger charge is -2.29. The molecule has 0 bridgehead atoms. The molecule has 22 heavy (non-hydrogen) atoms. The lowest BCUT2D eigenvalue weighted by molar-refractivity contribution is -0.137. The predicted molar refractivity (Wildman–Crippen MR) is 77.1 cm³/mol. The monoisotopic (exact) mass is 327 g/mol. The number of nitrogens with zero attached hydrogens (tertiary/aromatic N) is 3. The van der Waals surface area contributed by atoms with Gasteiger partial charge < -0.3 is 4.90 Å². The molecule has 0 radical (unpaired) electrons. The molecule has 3 rings (SSSR count). The van der Waals surface area contributed by atoms with Crippen LogP contribution in [0, 0.1) is 0 Å². The van der Waals surface area contributed by atoms with Crippen molar-refractivity contribution in [1.29, 1.82) is 0 Å². The van der Waals surface area contributed by atoms with Crippen LogP contribution in [0.25, 0.3) is 0 Å². The summed E-state index contributed by atoms with van der Waals surface area (Å²) in [5.74, 6) is 0.294. The van der Waals surface area contributed by atoms with Crippen LogP contribution in [0.4, 0.5) is 18.9 Å². The molecule has 2 aromatic rings. The van der Waals surface area contributed by atoms with Crippen LogP contribution in [0.3, 0.4) is 0 Å². The Kier molecular flexibility index (Phi) is 3.64. The van der Waals surface area contributed by atoms with E-state index in [1.54, 1.807) is 13.1 Å². The third-order valence-corrected chi connectivity index (χ3v) is 4.48. The first-order valence-corrected chi connectivity index (χ1v) is 7.50. The molecule has 0 aliphatic carbocycles. The third-order valence-electron chi connectivity index (χ3n) is 3.43. The average molecular weight is 327 g/mol. The molecule has 4 nitrogen and oxygen atoms in total. The van der Waals surface area contributed by atoms with Gasteiger partial charge in [0.2, 0.25) is 0 Å². The molecule has 2 heterocycles. The van der Waals surface area contributed by atoms with Crippen LogP contribution in [0.2, 0.25) is 0 Å². The van der Waals surface area contributed by atoms with Crippen molar-refractivity contribution in [1.82, 2.24) is 9.78 Å². The van der Waals surface area contributed by atoms with Gasteiger partial charge in [0, 0.05) is 30.4 Å². The average Bonchev–Trinajstić information content (AvgIpc) is 2.90. The topological polar surface area (TPSA) is 38.1 Å². The van der Waals surface area contributed by atoms with Crippen molar-refractivity contribution in [3.05, 3.63) is 41.7 Å². The molecule has 1 amide bonds. The van der Waals surface area contributed by atoms with Crippen LogP contribution >= 0.6 is 11.8 Å². The fourth-order valence-electron chi connectivity index (χ4n) is 2.33. The van der Waals surface area contributed by atoms with E-state index in [0.29, 0.717) is 28.6 Å². The number of halogens is 3. The summed E-state index contributed by atoms with van der Waals surface area (Å²) in [7, 11) is 1.62.